The number of rotatable bonds is 6. The monoisotopic (exact) mass is 268 g/mol. The van der Waals surface area contributed by atoms with Crippen molar-refractivity contribution in [1.82, 2.24) is 5.32 Å². The summed E-state index contributed by atoms with van der Waals surface area (Å²) >= 11 is 0. The standard InChI is InChI=1S/C13H24N4O2/c1-3-11-5-4-7-13(8-6-11,12(18)19-2)15-9-10-16-17-14/h11,15H,3-10H2,1-2H3. The van der Waals surface area contributed by atoms with E-state index in [0.29, 0.717) is 19.0 Å². The predicted molar refractivity (Wildman–Crippen MR) is 73.6 cm³/mol. The van der Waals surface area contributed by atoms with Crippen molar-refractivity contribution in [1.29, 1.82) is 0 Å². The van der Waals surface area contributed by atoms with Crippen LogP contribution in [-0.4, -0.2) is 31.7 Å². The molecule has 6 heteroatoms. The number of ether oxygens (including phenoxy) is 1. The molecule has 0 aliphatic heterocycles. The molecule has 1 rings (SSSR count). The van der Waals surface area contributed by atoms with Crippen molar-refractivity contribution in [3.05, 3.63) is 10.4 Å². The second-order valence-corrected chi connectivity index (χ2v) is 5.16. The molecule has 1 aliphatic rings. The summed E-state index contributed by atoms with van der Waals surface area (Å²) in [6.45, 7) is 3.06. The summed E-state index contributed by atoms with van der Waals surface area (Å²) in [5.41, 5.74) is 7.68. The Bertz CT molecular complexity index is 342. The van der Waals surface area contributed by atoms with Crippen molar-refractivity contribution in [3.63, 3.8) is 0 Å². The van der Waals surface area contributed by atoms with Gasteiger partial charge in [0.25, 0.3) is 0 Å². The SMILES string of the molecule is CCC1CCCC(NCCN=[N+]=[N-])(C(=O)OC)CC1. The highest BCUT2D eigenvalue weighted by Crippen LogP contribution is 2.32. The van der Waals surface area contributed by atoms with Crippen LogP contribution in [0.3, 0.4) is 0 Å². The number of hydrogen-bond acceptors (Lipinski definition) is 4. The smallest absolute Gasteiger partial charge is 0.326 e. The van der Waals surface area contributed by atoms with Crippen molar-refractivity contribution in [2.45, 2.75) is 51.0 Å². The molecule has 2 unspecified atom stereocenters. The van der Waals surface area contributed by atoms with E-state index in [-0.39, 0.29) is 5.97 Å². The van der Waals surface area contributed by atoms with Gasteiger partial charge in [-0.25, -0.2) is 0 Å². The van der Waals surface area contributed by atoms with E-state index in [4.69, 9.17) is 10.3 Å². The second-order valence-electron chi connectivity index (χ2n) is 5.16. The number of carbonyl (C=O) groups excluding carboxylic acids is 1. The Labute approximate surface area is 114 Å². The first-order chi connectivity index (χ1) is 9.18. The molecule has 6 nitrogen and oxygen atoms in total. The molecule has 1 aliphatic carbocycles. The molecule has 0 bridgehead atoms. The largest absolute Gasteiger partial charge is 0.468 e. The first-order valence-electron chi connectivity index (χ1n) is 7.03. The van der Waals surface area contributed by atoms with Gasteiger partial charge < -0.3 is 10.1 Å². The highest BCUT2D eigenvalue weighted by molar-refractivity contribution is 5.80. The normalized spacial score (nSPS) is 27.2. The zero-order valence-corrected chi connectivity index (χ0v) is 11.9. The van der Waals surface area contributed by atoms with Crippen molar-refractivity contribution in [3.8, 4) is 0 Å². The lowest BCUT2D eigenvalue weighted by Crippen LogP contribution is -2.53. The zero-order valence-electron chi connectivity index (χ0n) is 11.9. The second kappa shape index (κ2) is 8.02. The quantitative estimate of drug-likeness (QED) is 0.201. The van der Waals surface area contributed by atoms with Crippen LogP contribution in [0.2, 0.25) is 0 Å². The van der Waals surface area contributed by atoms with Crippen LogP contribution in [-0.2, 0) is 9.53 Å². The third-order valence-electron chi connectivity index (χ3n) is 4.09. The molecule has 0 aromatic heterocycles. The lowest BCUT2D eigenvalue weighted by Gasteiger charge is -2.31. The number of nitrogens with zero attached hydrogens (tertiary/aromatic N) is 3. The fourth-order valence-electron chi connectivity index (χ4n) is 2.86. The summed E-state index contributed by atoms with van der Waals surface area (Å²) in [5.74, 6) is 0.510. The maximum absolute atomic E-state index is 12.1. The molecule has 0 heterocycles. The molecule has 0 aromatic rings. The molecule has 1 fully saturated rings. The van der Waals surface area contributed by atoms with Gasteiger partial charge >= 0.3 is 5.97 Å². The summed E-state index contributed by atoms with van der Waals surface area (Å²) in [6.07, 6.45) is 6.01. The Morgan fingerprint density at radius 1 is 1.53 bits per heavy atom. The number of hydrogen-bond donors (Lipinski definition) is 1. The molecule has 2 atom stereocenters. The van der Waals surface area contributed by atoms with Crippen LogP contribution < -0.4 is 5.32 Å². The van der Waals surface area contributed by atoms with Gasteiger partial charge in [-0.3, -0.25) is 4.79 Å². The van der Waals surface area contributed by atoms with Gasteiger partial charge in [-0.2, -0.15) is 0 Å². The summed E-state index contributed by atoms with van der Waals surface area (Å²) < 4.78 is 4.97. The van der Waals surface area contributed by atoms with Gasteiger partial charge in [0, 0.05) is 18.0 Å². The highest BCUT2D eigenvalue weighted by Gasteiger charge is 2.40. The van der Waals surface area contributed by atoms with Crippen LogP contribution in [0.1, 0.15) is 45.4 Å². The van der Waals surface area contributed by atoms with E-state index in [2.05, 4.69) is 22.3 Å². The summed E-state index contributed by atoms with van der Waals surface area (Å²) in [7, 11) is 1.43. The van der Waals surface area contributed by atoms with Gasteiger partial charge in [0.05, 0.1) is 7.11 Å². The van der Waals surface area contributed by atoms with Crippen LogP contribution in [0.15, 0.2) is 5.11 Å². The zero-order chi connectivity index (χ0) is 14.1. The van der Waals surface area contributed by atoms with E-state index in [1.54, 1.807) is 0 Å². The van der Waals surface area contributed by atoms with E-state index in [1.807, 2.05) is 0 Å². The molecule has 0 spiro atoms. The summed E-state index contributed by atoms with van der Waals surface area (Å²) in [4.78, 5) is 14.8. The fourth-order valence-corrected chi connectivity index (χ4v) is 2.86. The molecule has 0 saturated heterocycles. The third-order valence-corrected chi connectivity index (χ3v) is 4.09. The summed E-state index contributed by atoms with van der Waals surface area (Å²) in [5, 5.41) is 6.76. The van der Waals surface area contributed by atoms with Crippen molar-refractivity contribution >= 4 is 5.97 Å². The van der Waals surface area contributed by atoms with Gasteiger partial charge in [0.2, 0.25) is 0 Å². The van der Waals surface area contributed by atoms with Gasteiger partial charge in [-0.15, -0.1) is 0 Å². The molecule has 19 heavy (non-hydrogen) atoms. The Morgan fingerprint density at radius 3 is 2.95 bits per heavy atom. The Kier molecular flexibility index (Phi) is 6.67. The molecular formula is C13H24N4O2. The fraction of sp³-hybridized carbons (Fsp3) is 0.923. The van der Waals surface area contributed by atoms with E-state index < -0.39 is 5.54 Å². The minimum Gasteiger partial charge on any atom is -0.468 e. The van der Waals surface area contributed by atoms with Gasteiger partial charge in [0.15, 0.2) is 0 Å². The van der Waals surface area contributed by atoms with Crippen LogP contribution in [0.5, 0.6) is 0 Å². The van der Waals surface area contributed by atoms with Crippen LogP contribution >= 0.6 is 0 Å². The van der Waals surface area contributed by atoms with Crippen LogP contribution in [0, 0.1) is 5.92 Å². The molecular weight excluding hydrogens is 244 g/mol. The molecule has 1 N–H and O–H groups in total. The van der Waals surface area contributed by atoms with Crippen LogP contribution in [0.25, 0.3) is 10.4 Å². The molecule has 0 radical (unpaired) electrons. The van der Waals surface area contributed by atoms with Crippen molar-refractivity contribution in [2.75, 3.05) is 20.2 Å². The number of methoxy groups -OCH3 is 1. The van der Waals surface area contributed by atoms with Crippen LogP contribution in [0.4, 0.5) is 0 Å². The Morgan fingerprint density at radius 2 is 2.32 bits per heavy atom. The van der Waals surface area contributed by atoms with Gasteiger partial charge in [-0.05, 0) is 30.7 Å². The van der Waals surface area contributed by atoms with E-state index in [0.717, 1.165) is 32.1 Å². The average molecular weight is 268 g/mol. The van der Waals surface area contributed by atoms with E-state index in [9.17, 15) is 4.79 Å². The number of carbonyl (C=O) groups is 1. The molecule has 0 amide bonds. The maximum atomic E-state index is 12.1. The molecule has 0 aromatic carbocycles. The highest BCUT2D eigenvalue weighted by atomic mass is 16.5. The maximum Gasteiger partial charge on any atom is 0.326 e. The minimum atomic E-state index is -0.594. The lowest BCUT2D eigenvalue weighted by atomic mass is 9.89. The van der Waals surface area contributed by atoms with E-state index >= 15 is 0 Å². The first-order valence-corrected chi connectivity index (χ1v) is 7.03. The minimum absolute atomic E-state index is 0.190. The van der Waals surface area contributed by atoms with E-state index in [1.165, 1.54) is 13.5 Å². The number of azide groups is 1. The lowest BCUT2D eigenvalue weighted by molar-refractivity contribution is -0.149. The van der Waals surface area contributed by atoms with Crippen molar-refractivity contribution in [2.24, 2.45) is 11.0 Å². The molecule has 108 valence electrons. The topological polar surface area (TPSA) is 87.1 Å². The average Bonchev–Trinajstić information content (AvgIpc) is 2.66. The van der Waals surface area contributed by atoms with Gasteiger partial charge in [0.1, 0.15) is 5.54 Å². The predicted octanol–water partition coefficient (Wildman–Crippen LogP) is 2.79. The Balaban J connectivity index is 2.69. The summed E-state index contributed by atoms with van der Waals surface area (Å²) in [6, 6.07) is 0. The number of nitrogens with one attached hydrogen (secondary N) is 1. The Hall–Kier alpha value is -1.26. The third kappa shape index (κ3) is 4.40. The molecule has 1 saturated carbocycles. The first kappa shape index (κ1) is 15.8. The van der Waals surface area contributed by atoms with Crippen molar-refractivity contribution < 1.29 is 9.53 Å². The van der Waals surface area contributed by atoms with Gasteiger partial charge in [-0.1, -0.05) is 31.3 Å². The number of esters is 1.